The molecule has 0 unspecified atom stereocenters. The predicted molar refractivity (Wildman–Crippen MR) is 112 cm³/mol. The van der Waals surface area contributed by atoms with Crippen molar-refractivity contribution in [2.45, 2.75) is 39.2 Å². The van der Waals surface area contributed by atoms with Gasteiger partial charge in [-0.1, -0.05) is 17.7 Å². The fourth-order valence-corrected chi connectivity index (χ4v) is 3.66. The Kier molecular flexibility index (Phi) is 7.38. The van der Waals surface area contributed by atoms with E-state index in [0.29, 0.717) is 31.5 Å². The lowest BCUT2D eigenvalue weighted by Crippen LogP contribution is -2.42. The lowest BCUT2D eigenvalue weighted by molar-refractivity contribution is -0.121. The Morgan fingerprint density at radius 3 is 2.50 bits per heavy atom. The van der Waals surface area contributed by atoms with E-state index in [1.54, 1.807) is 4.90 Å². The average molecular weight is 415 g/mol. The Labute approximate surface area is 175 Å². The second kappa shape index (κ2) is 10.2. The number of carbonyl (C=O) groups excluding carboxylic acids is 2. The van der Waals surface area contributed by atoms with E-state index >= 15 is 0 Å². The molecule has 30 heavy (non-hydrogen) atoms. The van der Waals surface area contributed by atoms with Crippen LogP contribution in [0, 0.1) is 24.5 Å². The van der Waals surface area contributed by atoms with Gasteiger partial charge in [0.2, 0.25) is 5.91 Å². The van der Waals surface area contributed by atoms with E-state index in [-0.39, 0.29) is 24.4 Å². The number of halogens is 2. The second-order valence-corrected chi connectivity index (χ2v) is 7.84. The number of hydrogen-bond donors (Lipinski definition) is 2. The molecular weight excluding hydrogens is 388 g/mol. The molecule has 0 aromatic heterocycles. The van der Waals surface area contributed by atoms with Gasteiger partial charge in [0, 0.05) is 37.8 Å². The molecule has 2 N–H and O–H groups in total. The molecular formula is C23H27F2N3O2. The molecule has 3 amide bonds. The van der Waals surface area contributed by atoms with Crippen molar-refractivity contribution in [1.29, 1.82) is 0 Å². The van der Waals surface area contributed by atoms with Crippen LogP contribution < -0.4 is 10.6 Å². The van der Waals surface area contributed by atoms with Gasteiger partial charge in [-0.3, -0.25) is 4.79 Å². The number of amides is 3. The van der Waals surface area contributed by atoms with Crippen LogP contribution in [0.5, 0.6) is 0 Å². The van der Waals surface area contributed by atoms with Gasteiger partial charge in [0.25, 0.3) is 0 Å². The first-order valence-electron chi connectivity index (χ1n) is 10.2. The number of nitrogens with zero attached hydrogens (tertiary/aromatic N) is 1. The number of aryl methyl sites for hydroxylation is 1. The molecule has 0 saturated carbocycles. The van der Waals surface area contributed by atoms with Crippen LogP contribution in [0.25, 0.3) is 0 Å². The summed E-state index contributed by atoms with van der Waals surface area (Å²) in [6.45, 7) is 3.39. The van der Waals surface area contributed by atoms with Crippen molar-refractivity contribution >= 4 is 17.6 Å². The third-order valence-corrected chi connectivity index (χ3v) is 5.30. The zero-order valence-corrected chi connectivity index (χ0v) is 17.1. The largest absolute Gasteiger partial charge is 0.352 e. The highest BCUT2D eigenvalue weighted by molar-refractivity contribution is 5.89. The maximum absolute atomic E-state index is 13.2. The Morgan fingerprint density at radius 1 is 1.10 bits per heavy atom. The van der Waals surface area contributed by atoms with Gasteiger partial charge in [-0.2, -0.15) is 0 Å². The SMILES string of the molecule is Cc1ccc(NC(=O)N2CCC[C@H](CCC(=O)NCc3cc(F)cc(F)c3)C2)cc1. The topological polar surface area (TPSA) is 61.4 Å². The van der Waals surface area contributed by atoms with Gasteiger partial charge in [0.1, 0.15) is 11.6 Å². The molecule has 1 aliphatic heterocycles. The normalized spacial score (nSPS) is 16.2. The highest BCUT2D eigenvalue weighted by Gasteiger charge is 2.24. The minimum Gasteiger partial charge on any atom is -0.352 e. The molecule has 1 saturated heterocycles. The Bertz CT molecular complexity index is 866. The summed E-state index contributed by atoms with van der Waals surface area (Å²) >= 11 is 0. The zero-order chi connectivity index (χ0) is 21.5. The van der Waals surface area contributed by atoms with Crippen molar-refractivity contribution in [1.82, 2.24) is 10.2 Å². The molecule has 2 aromatic carbocycles. The van der Waals surface area contributed by atoms with Crippen molar-refractivity contribution in [3.8, 4) is 0 Å². The number of likely N-dealkylation sites (tertiary alicyclic amines) is 1. The van der Waals surface area contributed by atoms with E-state index in [9.17, 15) is 18.4 Å². The minimum absolute atomic E-state index is 0.0866. The smallest absolute Gasteiger partial charge is 0.321 e. The highest BCUT2D eigenvalue weighted by atomic mass is 19.1. The number of piperidine rings is 1. The summed E-state index contributed by atoms with van der Waals surface area (Å²) in [5, 5.41) is 5.62. The third kappa shape index (κ3) is 6.54. The molecule has 5 nitrogen and oxygen atoms in total. The summed E-state index contributed by atoms with van der Waals surface area (Å²) in [6.07, 6.45) is 2.85. The van der Waals surface area contributed by atoms with E-state index in [2.05, 4.69) is 10.6 Å². The first kappa shape index (κ1) is 21.7. The number of hydrogen-bond acceptors (Lipinski definition) is 2. The average Bonchev–Trinajstić information content (AvgIpc) is 2.72. The fourth-order valence-electron chi connectivity index (χ4n) is 3.66. The zero-order valence-electron chi connectivity index (χ0n) is 17.1. The molecule has 0 bridgehead atoms. The minimum atomic E-state index is -0.662. The maximum atomic E-state index is 13.2. The monoisotopic (exact) mass is 415 g/mol. The first-order valence-corrected chi connectivity index (χ1v) is 10.2. The maximum Gasteiger partial charge on any atom is 0.321 e. The molecule has 0 radical (unpaired) electrons. The third-order valence-electron chi connectivity index (χ3n) is 5.30. The van der Waals surface area contributed by atoms with Crippen molar-refractivity contribution < 1.29 is 18.4 Å². The van der Waals surface area contributed by atoms with Crippen LogP contribution in [0.15, 0.2) is 42.5 Å². The van der Waals surface area contributed by atoms with E-state index in [0.717, 1.165) is 30.2 Å². The summed E-state index contributed by atoms with van der Waals surface area (Å²) < 4.78 is 26.4. The molecule has 3 rings (SSSR count). The summed E-state index contributed by atoms with van der Waals surface area (Å²) in [4.78, 5) is 26.4. The van der Waals surface area contributed by atoms with Crippen LogP contribution >= 0.6 is 0 Å². The number of carbonyl (C=O) groups is 2. The lowest BCUT2D eigenvalue weighted by Gasteiger charge is -2.32. The summed E-state index contributed by atoms with van der Waals surface area (Å²) in [5.41, 5.74) is 2.28. The van der Waals surface area contributed by atoms with E-state index in [4.69, 9.17) is 0 Å². The highest BCUT2D eigenvalue weighted by Crippen LogP contribution is 2.22. The van der Waals surface area contributed by atoms with Gasteiger partial charge in [-0.05, 0) is 61.9 Å². The second-order valence-electron chi connectivity index (χ2n) is 7.84. The van der Waals surface area contributed by atoms with Crippen LogP contribution in [0.4, 0.5) is 19.3 Å². The molecule has 1 fully saturated rings. The fraction of sp³-hybridized carbons (Fsp3) is 0.391. The van der Waals surface area contributed by atoms with Crippen molar-refractivity contribution in [2.75, 3.05) is 18.4 Å². The van der Waals surface area contributed by atoms with Gasteiger partial charge in [0.15, 0.2) is 0 Å². The van der Waals surface area contributed by atoms with Crippen LogP contribution in [0.3, 0.4) is 0 Å². The molecule has 7 heteroatoms. The quantitative estimate of drug-likeness (QED) is 0.724. The van der Waals surface area contributed by atoms with E-state index in [1.165, 1.54) is 12.1 Å². The van der Waals surface area contributed by atoms with Gasteiger partial charge >= 0.3 is 6.03 Å². The van der Waals surface area contributed by atoms with Crippen molar-refractivity contribution in [3.05, 3.63) is 65.2 Å². The molecule has 0 aliphatic carbocycles. The molecule has 2 aromatic rings. The van der Waals surface area contributed by atoms with E-state index in [1.807, 2.05) is 31.2 Å². The van der Waals surface area contributed by atoms with Gasteiger partial charge in [0.05, 0.1) is 0 Å². The first-order chi connectivity index (χ1) is 14.4. The molecule has 1 aliphatic rings. The Morgan fingerprint density at radius 2 is 1.80 bits per heavy atom. The summed E-state index contributed by atoms with van der Waals surface area (Å²) in [7, 11) is 0. The van der Waals surface area contributed by atoms with Gasteiger partial charge < -0.3 is 15.5 Å². The number of benzene rings is 2. The van der Waals surface area contributed by atoms with Gasteiger partial charge in [-0.25, -0.2) is 13.6 Å². The summed E-state index contributed by atoms with van der Waals surface area (Å²) in [6, 6.07) is 10.7. The molecule has 1 heterocycles. The number of urea groups is 1. The van der Waals surface area contributed by atoms with Crippen LogP contribution in [-0.2, 0) is 11.3 Å². The van der Waals surface area contributed by atoms with Crippen molar-refractivity contribution in [2.24, 2.45) is 5.92 Å². The molecule has 1 atom stereocenters. The molecule has 0 spiro atoms. The number of rotatable bonds is 6. The summed E-state index contributed by atoms with van der Waals surface area (Å²) in [5.74, 6) is -1.24. The van der Waals surface area contributed by atoms with Crippen LogP contribution in [-0.4, -0.2) is 29.9 Å². The van der Waals surface area contributed by atoms with E-state index < -0.39 is 11.6 Å². The molecule has 160 valence electrons. The van der Waals surface area contributed by atoms with Crippen molar-refractivity contribution in [3.63, 3.8) is 0 Å². The predicted octanol–water partition coefficient (Wildman–Crippen LogP) is 4.61. The number of nitrogens with one attached hydrogen (secondary N) is 2. The lowest BCUT2D eigenvalue weighted by atomic mass is 9.93. The van der Waals surface area contributed by atoms with Crippen LogP contribution in [0.2, 0.25) is 0 Å². The van der Waals surface area contributed by atoms with Gasteiger partial charge in [-0.15, -0.1) is 0 Å². The van der Waals surface area contributed by atoms with Crippen LogP contribution in [0.1, 0.15) is 36.8 Å². The Balaban J connectivity index is 1.42. The standard InChI is InChI=1S/C23H27F2N3O2/c1-16-4-7-21(8-5-16)27-23(30)28-10-2-3-17(15-28)6-9-22(29)26-14-18-11-19(24)13-20(25)12-18/h4-5,7-8,11-13,17H,2-3,6,9-10,14-15H2,1H3,(H,26,29)(H,27,30)/t17-/m1/s1. The Hall–Kier alpha value is -2.96. The number of anilines is 1.